The highest BCUT2D eigenvalue weighted by molar-refractivity contribution is 6.30. The molecule has 0 saturated carbocycles. The number of aromatic nitrogens is 1. The van der Waals surface area contributed by atoms with Gasteiger partial charge in [0.1, 0.15) is 5.82 Å². The van der Waals surface area contributed by atoms with Crippen LogP contribution < -0.4 is 10.6 Å². The van der Waals surface area contributed by atoms with Crippen molar-refractivity contribution in [2.45, 2.75) is 13.1 Å². The van der Waals surface area contributed by atoms with Gasteiger partial charge in [0.25, 0.3) is 0 Å². The van der Waals surface area contributed by atoms with E-state index in [0.29, 0.717) is 18.1 Å². The Labute approximate surface area is 125 Å². The zero-order valence-electron chi connectivity index (χ0n) is 11.1. The van der Waals surface area contributed by atoms with Crippen LogP contribution in [0.5, 0.6) is 0 Å². The second-order valence-electron chi connectivity index (χ2n) is 4.27. The highest BCUT2D eigenvalue weighted by atomic mass is 35.5. The van der Waals surface area contributed by atoms with Crippen LogP contribution in [0.3, 0.4) is 0 Å². The van der Waals surface area contributed by atoms with Crippen molar-refractivity contribution in [3.63, 3.8) is 0 Å². The van der Waals surface area contributed by atoms with Crippen LogP contribution in [0.25, 0.3) is 0 Å². The molecule has 2 N–H and O–H groups in total. The molecular weight excluding hydrogens is 303 g/mol. The van der Waals surface area contributed by atoms with Gasteiger partial charge in [-0.1, -0.05) is 11.6 Å². The van der Waals surface area contributed by atoms with Gasteiger partial charge >= 0.3 is 6.18 Å². The van der Waals surface area contributed by atoms with E-state index in [1.165, 1.54) is 18.3 Å². The van der Waals surface area contributed by atoms with Crippen molar-refractivity contribution in [3.05, 3.63) is 47.1 Å². The van der Waals surface area contributed by atoms with Crippen molar-refractivity contribution in [2.24, 2.45) is 0 Å². The number of hydrogen-bond acceptors (Lipinski definition) is 3. The SMILES string of the molecule is CCNc1cc(Nc2ccc(Cl)cc2C(F)(F)F)ccn1. The molecule has 0 aliphatic heterocycles. The molecule has 112 valence electrons. The Kier molecular flexibility index (Phi) is 4.57. The molecule has 1 aromatic heterocycles. The Morgan fingerprint density at radius 1 is 1.19 bits per heavy atom. The first-order valence-corrected chi connectivity index (χ1v) is 6.61. The third-order valence-corrected chi connectivity index (χ3v) is 2.92. The summed E-state index contributed by atoms with van der Waals surface area (Å²) in [6.45, 7) is 2.58. The Balaban J connectivity index is 2.33. The lowest BCUT2D eigenvalue weighted by Gasteiger charge is -2.15. The Hall–Kier alpha value is -1.95. The third-order valence-electron chi connectivity index (χ3n) is 2.68. The minimum Gasteiger partial charge on any atom is -0.370 e. The summed E-state index contributed by atoms with van der Waals surface area (Å²) in [6.07, 6.45) is -2.96. The molecule has 21 heavy (non-hydrogen) atoms. The van der Waals surface area contributed by atoms with Crippen LogP contribution in [0.2, 0.25) is 5.02 Å². The monoisotopic (exact) mass is 315 g/mol. The number of nitrogens with one attached hydrogen (secondary N) is 2. The molecule has 0 bridgehead atoms. The number of pyridine rings is 1. The molecule has 2 aromatic rings. The Bertz CT molecular complexity index is 629. The first kappa shape index (κ1) is 15.4. The summed E-state index contributed by atoms with van der Waals surface area (Å²) in [5.41, 5.74) is -0.355. The molecule has 0 unspecified atom stereocenters. The molecule has 1 aromatic carbocycles. The molecule has 0 fully saturated rings. The zero-order chi connectivity index (χ0) is 15.5. The maximum atomic E-state index is 13.0. The van der Waals surface area contributed by atoms with E-state index >= 15 is 0 Å². The van der Waals surface area contributed by atoms with Crippen molar-refractivity contribution in [2.75, 3.05) is 17.2 Å². The lowest BCUT2D eigenvalue weighted by Crippen LogP contribution is -2.09. The van der Waals surface area contributed by atoms with Crippen molar-refractivity contribution in [1.29, 1.82) is 0 Å². The largest absolute Gasteiger partial charge is 0.418 e. The number of hydrogen-bond donors (Lipinski definition) is 2. The van der Waals surface area contributed by atoms with Crippen LogP contribution in [0.15, 0.2) is 36.5 Å². The van der Waals surface area contributed by atoms with E-state index in [1.54, 1.807) is 12.1 Å². The summed E-state index contributed by atoms with van der Waals surface area (Å²) in [5.74, 6) is 0.588. The lowest BCUT2D eigenvalue weighted by molar-refractivity contribution is -0.136. The molecule has 0 amide bonds. The second-order valence-corrected chi connectivity index (χ2v) is 4.71. The van der Waals surface area contributed by atoms with Gasteiger partial charge in [0.05, 0.1) is 11.3 Å². The van der Waals surface area contributed by atoms with Gasteiger partial charge in [0, 0.05) is 29.5 Å². The third kappa shape index (κ3) is 4.01. The lowest BCUT2D eigenvalue weighted by atomic mass is 10.1. The molecule has 3 nitrogen and oxygen atoms in total. The smallest absolute Gasteiger partial charge is 0.370 e. The standard InChI is InChI=1S/C14H13ClF3N3/c1-2-19-13-8-10(5-6-20-13)21-12-4-3-9(15)7-11(12)14(16,17)18/h3-8H,2H2,1H3,(H2,19,20,21). The van der Waals surface area contributed by atoms with Gasteiger partial charge in [-0.15, -0.1) is 0 Å². The molecule has 1 heterocycles. The van der Waals surface area contributed by atoms with Crippen molar-refractivity contribution >= 4 is 28.8 Å². The first-order chi connectivity index (χ1) is 9.90. The highest BCUT2D eigenvalue weighted by Crippen LogP contribution is 2.37. The van der Waals surface area contributed by atoms with Gasteiger partial charge in [-0.2, -0.15) is 13.2 Å². The van der Waals surface area contributed by atoms with Crippen molar-refractivity contribution in [1.82, 2.24) is 4.98 Å². The summed E-state index contributed by atoms with van der Waals surface area (Å²) in [7, 11) is 0. The van der Waals surface area contributed by atoms with Gasteiger partial charge in [0.15, 0.2) is 0 Å². The van der Waals surface area contributed by atoms with Crippen LogP contribution in [0, 0.1) is 0 Å². The van der Waals surface area contributed by atoms with E-state index in [9.17, 15) is 13.2 Å². The van der Waals surface area contributed by atoms with Crippen molar-refractivity contribution < 1.29 is 13.2 Å². The van der Waals surface area contributed by atoms with E-state index < -0.39 is 11.7 Å². The fourth-order valence-corrected chi connectivity index (χ4v) is 1.97. The van der Waals surface area contributed by atoms with Gasteiger partial charge in [-0.25, -0.2) is 4.98 Å². The van der Waals surface area contributed by atoms with Gasteiger partial charge in [-0.3, -0.25) is 0 Å². The van der Waals surface area contributed by atoms with E-state index in [0.717, 1.165) is 6.07 Å². The average Bonchev–Trinajstić information content (AvgIpc) is 2.40. The van der Waals surface area contributed by atoms with E-state index in [1.807, 2.05) is 6.92 Å². The molecular formula is C14H13ClF3N3. The van der Waals surface area contributed by atoms with Crippen LogP contribution >= 0.6 is 11.6 Å². The minimum atomic E-state index is -4.48. The van der Waals surface area contributed by atoms with Gasteiger partial charge in [-0.05, 0) is 31.2 Å². The van der Waals surface area contributed by atoms with E-state index in [2.05, 4.69) is 15.6 Å². The van der Waals surface area contributed by atoms with Gasteiger partial charge < -0.3 is 10.6 Å². The predicted molar refractivity (Wildman–Crippen MR) is 78.1 cm³/mol. The predicted octanol–water partition coefficient (Wildman–Crippen LogP) is 4.93. The number of benzene rings is 1. The van der Waals surface area contributed by atoms with Crippen LogP contribution in [0.4, 0.5) is 30.4 Å². The molecule has 0 radical (unpaired) electrons. The number of alkyl halides is 3. The van der Waals surface area contributed by atoms with E-state index in [4.69, 9.17) is 11.6 Å². The zero-order valence-corrected chi connectivity index (χ0v) is 11.9. The van der Waals surface area contributed by atoms with Crippen molar-refractivity contribution in [3.8, 4) is 0 Å². The fraction of sp³-hybridized carbons (Fsp3) is 0.214. The second kappa shape index (κ2) is 6.22. The maximum Gasteiger partial charge on any atom is 0.418 e. The summed E-state index contributed by atoms with van der Waals surface area (Å²) < 4.78 is 39.0. The number of rotatable bonds is 4. The Morgan fingerprint density at radius 3 is 2.62 bits per heavy atom. The van der Waals surface area contributed by atoms with Crippen LogP contribution in [-0.4, -0.2) is 11.5 Å². The average molecular weight is 316 g/mol. The molecule has 0 spiro atoms. The molecule has 0 aliphatic rings. The summed E-state index contributed by atoms with van der Waals surface area (Å²) >= 11 is 5.64. The topological polar surface area (TPSA) is 37.0 Å². The molecule has 0 atom stereocenters. The number of nitrogens with zero attached hydrogens (tertiary/aromatic N) is 1. The number of halogens is 4. The number of anilines is 3. The summed E-state index contributed by atoms with van der Waals surface area (Å²) in [4.78, 5) is 4.06. The fourth-order valence-electron chi connectivity index (χ4n) is 1.80. The summed E-state index contributed by atoms with van der Waals surface area (Å²) in [6, 6.07) is 6.84. The molecule has 0 saturated heterocycles. The normalized spacial score (nSPS) is 11.3. The first-order valence-electron chi connectivity index (χ1n) is 6.24. The maximum absolute atomic E-state index is 13.0. The Morgan fingerprint density at radius 2 is 1.95 bits per heavy atom. The molecule has 7 heteroatoms. The molecule has 0 aliphatic carbocycles. The van der Waals surface area contributed by atoms with E-state index in [-0.39, 0.29) is 10.7 Å². The molecule has 2 rings (SSSR count). The minimum absolute atomic E-state index is 0.0379. The van der Waals surface area contributed by atoms with Crippen LogP contribution in [-0.2, 0) is 6.18 Å². The summed E-state index contributed by atoms with van der Waals surface area (Å²) in [5, 5.41) is 5.78. The van der Waals surface area contributed by atoms with Gasteiger partial charge in [0.2, 0.25) is 0 Å². The highest BCUT2D eigenvalue weighted by Gasteiger charge is 2.33. The quantitative estimate of drug-likeness (QED) is 0.840. The van der Waals surface area contributed by atoms with Crippen LogP contribution in [0.1, 0.15) is 12.5 Å².